The molecule has 0 saturated carbocycles. The number of hydrogen-bond acceptors (Lipinski definition) is 1. The van der Waals surface area contributed by atoms with Gasteiger partial charge in [0.25, 0.3) is 0 Å². The molecular formula is C8H11ClIN. The van der Waals surface area contributed by atoms with Crippen molar-refractivity contribution >= 4 is 40.9 Å². The van der Waals surface area contributed by atoms with Crippen molar-refractivity contribution in [3.05, 3.63) is 21.9 Å². The maximum absolute atomic E-state index is 6.03. The van der Waals surface area contributed by atoms with Gasteiger partial charge in [-0.15, -0.1) is 11.6 Å². The molecule has 0 unspecified atom stereocenters. The summed E-state index contributed by atoms with van der Waals surface area (Å²) in [4.78, 5) is 3.38. The molecule has 0 aromatic carbocycles. The highest BCUT2D eigenvalue weighted by Crippen LogP contribution is 2.30. The molecule has 0 aromatic rings. The molecule has 0 heterocycles. The molecule has 11 heavy (non-hydrogen) atoms. The van der Waals surface area contributed by atoms with Crippen molar-refractivity contribution in [2.45, 2.75) is 18.7 Å². The van der Waals surface area contributed by atoms with Crippen LogP contribution in [0, 0.1) is 0 Å². The number of rotatable bonds is 3. The third-order valence-corrected chi connectivity index (χ3v) is 2.26. The van der Waals surface area contributed by atoms with Crippen molar-refractivity contribution in [1.29, 1.82) is 0 Å². The van der Waals surface area contributed by atoms with Crippen LogP contribution >= 0.6 is 34.2 Å². The van der Waals surface area contributed by atoms with E-state index in [4.69, 9.17) is 11.6 Å². The summed E-state index contributed by atoms with van der Waals surface area (Å²) >= 11 is 8.16. The second-order valence-corrected chi connectivity index (χ2v) is 4.64. The lowest BCUT2D eigenvalue weighted by Gasteiger charge is -2.16. The molecule has 0 saturated heterocycles. The molecular weight excluding hydrogens is 272 g/mol. The Morgan fingerprint density at radius 3 is 2.18 bits per heavy atom. The molecule has 3 heteroatoms. The van der Waals surface area contributed by atoms with E-state index in [1.54, 1.807) is 6.08 Å². The standard InChI is InChI=1S/C8H11ClIN/c1-5-6(10)7(11-4)8(2,3)9/h5H,1,4H2,2-3H3/b7-6-. The van der Waals surface area contributed by atoms with Crippen LogP contribution in [0.1, 0.15) is 13.8 Å². The second kappa shape index (κ2) is 4.26. The Kier molecular flexibility index (Phi) is 4.32. The Morgan fingerprint density at radius 1 is 1.64 bits per heavy atom. The average Bonchev–Trinajstić information content (AvgIpc) is 1.86. The second-order valence-electron chi connectivity index (χ2n) is 2.53. The van der Waals surface area contributed by atoms with Crippen molar-refractivity contribution in [3.8, 4) is 0 Å². The highest BCUT2D eigenvalue weighted by Gasteiger charge is 2.20. The van der Waals surface area contributed by atoms with Crippen LogP contribution in [0.5, 0.6) is 0 Å². The summed E-state index contributed by atoms with van der Waals surface area (Å²) in [6.45, 7) is 10.8. The third kappa shape index (κ3) is 3.38. The summed E-state index contributed by atoms with van der Waals surface area (Å²) < 4.78 is 0.942. The number of nitrogens with zero attached hydrogens (tertiary/aromatic N) is 1. The van der Waals surface area contributed by atoms with E-state index in [9.17, 15) is 0 Å². The van der Waals surface area contributed by atoms with Crippen molar-refractivity contribution in [1.82, 2.24) is 0 Å². The van der Waals surface area contributed by atoms with Gasteiger partial charge < -0.3 is 0 Å². The fourth-order valence-electron chi connectivity index (χ4n) is 0.644. The first-order chi connectivity index (χ1) is 4.93. The fourth-order valence-corrected chi connectivity index (χ4v) is 1.81. The minimum atomic E-state index is -0.466. The number of alkyl halides is 1. The molecule has 62 valence electrons. The van der Waals surface area contributed by atoms with Crippen LogP contribution in [0.3, 0.4) is 0 Å². The lowest BCUT2D eigenvalue weighted by molar-refractivity contribution is 0.806. The van der Waals surface area contributed by atoms with E-state index in [-0.39, 0.29) is 0 Å². The van der Waals surface area contributed by atoms with E-state index in [1.807, 2.05) is 13.8 Å². The lowest BCUT2D eigenvalue weighted by Crippen LogP contribution is -2.13. The molecule has 0 atom stereocenters. The predicted octanol–water partition coefficient (Wildman–Crippen LogP) is 3.54. The molecule has 0 rings (SSSR count). The maximum Gasteiger partial charge on any atom is 0.0820 e. The summed E-state index contributed by atoms with van der Waals surface area (Å²) in [6.07, 6.45) is 1.72. The van der Waals surface area contributed by atoms with Gasteiger partial charge in [-0.1, -0.05) is 12.7 Å². The third-order valence-electron chi connectivity index (χ3n) is 1.13. The van der Waals surface area contributed by atoms with Gasteiger partial charge in [0.05, 0.1) is 10.6 Å². The first kappa shape index (κ1) is 11.2. The summed E-state index contributed by atoms with van der Waals surface area (Å²) in [5.74, 6) is 0. The van der Waals surface area contributed by atoms with E-state index in [1.165, 1.54) is 0 Å². The monoisotopic (exact) mass is 283 g/mol. The van der Waals surface area contributed by atoms with E-state index < -0.39 is 4.87 Å². The minimum Gasteiger partial charge on any atom is -0.266 e. The van der Waals surface area contributed by atoms with Crippen LogP contribution in [0.25, 0.3) is 0 Å². The Morgan fingerprint density at radius 2 is 2.09 bits per heavy atom. The topological polar surface area (TPSA) is 12.4 Å². The quantitative estimate of drug-likeness (QED) is 0.325. The van der Waals surface area contributed by atoms with Gasteiger partial charge in [0.2, 0.25) is 0 Å². The lowest BCUT2D eigenvalue weighted by atomic mass is 10.1. The Hall–Kier alpha value is 0.170. The SMILES string of the molecule is C=C/C(I)=C(/N=C)C(C)(C)Cl. The van der Waals surface area contributed by atoms with Gasteiger partial charge in [-0.05, 0) is 43.2 Å². The average molecular weight is 284 g/mol. The van der Waals surface area contributed by atoms with Gasteiger partial charge in [-0.3, -0.25) is 4.99 Å². The van der Waals surface area contributed by atoms with Gasteiger partial charge in [0.1, 0.15) is 0 Å². The van der Waals surface area contributed by atoms with Gasteiger partial charge in [0.15, 0.2) is 0 Å². The zero-order chi connectivity index (χ0) is 9.07. The number of aliphatic imine (C=N–C) groups is 1. The summed E-state index contributed by atoms with van der Waals surface area (Å²) in [5.41, 5.74) is 0.773. The Labute approximate surface area is 86.4 Å². The minimum absolute atomic E-state index is 0.466. The number of allylic oxidation sites excluding steroid dienone is 3. The molecule has 0 radical (unpaired) electrons. The largest absolute Gasteiger partial charge is 0.266 e. The first-order valence-electron chi connectivity index (χ1n) is 3.11. The molecule has 0 N–H and O–H groups in total. The molecule has 1 nitrogen and oxygen atoms in total. The molecule has 0 aliphatic heterocycles. The fraction of sp³-hybridized carbons (Fsp3) is 0.375. The zero-order valence-corrected chi connectivity index (χ0v) is 9.61. The molecule has 0 spiro atoms. The van der Waals surface area contributed by atoms with Gasteiger partial charge in [-0.25, -0.2) is 0 Å². The van der Waals surface area contributed by atoms with Crippen LogP contribution in [-0.2, 0) is 0 Å². The molecule has 0 fully saturated rings. The first-order valence-corrected chi connectivity index (χ1v) is 4.57. The van der Waals surface area contributed by atoms with Crippen LogP contribution in [-0.4, -0.2) is 11.6 Å². The zero-order valence-electron chi connectivity index (χ0n) is 6.69. The molecule has 0 amide bonds. The van der Waals surface area contributed by atoms with Crippen LogP contribution < -0.4 is 0 Å². The van der Waals surface area contributed by atoms with E-state index in [0.29, 0.717) is 0 Å². The van der Waals surface area contributed by atoms with Crippen molar-refractivity contribution < 1.29 is 0 Å². The number of halogens is 2. The Bertz CT molecular complexity index is 201. The molecule has 0 aliphatic rings. The molecule has 0 bridgehead atoms. The molecule has 0 aromatic heterocycles. The maximum atomic E-state index is 6.03. The summed E-state index contributed by atoms with van der Waals surface area (Å²) in [6, 6.07) is 0. The van der Waals surface area contributed by atoms with Crippen molar-refractivity contribution in [2.75, 3.05) is 0 Å². The Balaban J connectivity index is 4.95. The van der Waals surface area contributed by atoms with Gasteiger partial charge in [-0.2, -0.15) is 0 Å². The number of hydrogen-bond donors (Lipinski definition) is 0. The van der Waals surface area contributed by atoms with Crippen LogP contribution in [0.2, 0.25) is 0 Å². The van der Waals surface area contributed by atoms with Gasteiger partial charge >= 0.3 is 0 Å². The van der Waals surface area contributed by atoms with Gasteiger partial charge in [0, 0.05) is 3.58 Å². The van der Waals surface area contributed by atoms with Crippen LogP contribution in [0.4, 0.5) is 0 Å². The predicted molar refractivity (Wildman–Crippen MR) is 60.7 cm³/mol. The highest BCUT2D eigenvalue weighted by atomic mass is 127. The molecule has 0 aliphatic carbocycles. The van der Waals surface area contributed by atoms with Crippen molar-refractivity contribution in [2.24, 2.45) is 4.99 Å². The highest BCUT2D eigenvalue weighted by molar-refractivity contribution is 14.1. The van der Waals surface area contributed by atoms with Crippen molar-refractivity contribution in [3.63, 3.8) is 0 Å². The summed E-state index contributed by atoms with van der Waals surface area (Å²) in [7, 11) is 0. The van der Waals surface area contributed by atoms with Crippen LogP contribution in [0.15, 0.2) is 26.9 Å². The van der Waals surface area contributed by atoms with E-state index in [2.05, 4.69) is 40.9 Å². The van der Waals surface area contributed by atoms with E-state index >= 15 is 0 Å². The van der Waals surface area contributed by atoms with E-state index in [0.717, 1.165) is 9.28 Å². The summed E-state index contributed by atoms with van der Waals surface area (Å²) in [5, 5.41) is 0. The smallest absolute Gasteiger partial charge is 0.0820 e. The normalized spacial score (nSPS) is 13.8.